The lowest BCUT2D eigenvalue weighted by Gasteiger charge is -2.55. The van der Waals surface area contributed by atoms with Gasteiger partial charge in [0.25, 0.3) is 0 Å². The molecule has 4 bridgehead atoms. The first-order valence-electron chi connectivity index (χ1n) is 5.19. The molecule has 0 spiro atoms. The minimum atomic E-state index is -0.0622. The normalized spacial score (nSPS) is 62.5. The molecule has 0 heterocycles. The topological polar surface area (TPSA) is 46.2 Å². The van der Waals surface area contributed by atoms with E-state index in [1.807, 2.05) is 0 Å². The van der Waals surface area contributed by atoms with Gasteiger partial charge in [0.15, 0.2) is 0 Å². The minimum Gasteiger partial charge on any atom is -0.392 e. The van der Waals surface area contributed by atoms with Crippen LogP contribution >= 0.6 is 0 Å². The first-order chi connectivity index (χ1) is 5.75. The van der Waals surface area contributed by atoms with Gasteiger partial charge in [-0.2, -0.15) is 0 Å². The molecule has 4 aliphatic rings. The molecule has 6 atom stereocenters. The van der Waals surface area contributed by atoms with E-state index in [1.54, 1.807) is 0 Å². The summed E-state index contributed by atoms with van der Waals surface area (Å²) in [6.07, 6.45) is 4.97. The van der Waals surface area contributed by atoms with E-state index in [4.69, 9.17) is 5.73 Å². The molecule has 2 nitrogen and oxygen atoms in total. The molecule has 68 valence electrons. The summed E-state index contributed by atoms with van der Waals surface area (Å²) in [7, 11) is 0. The van der Waals surface area contributed by atoms with Crippen LogP contribution in [0.25, 0.3) is 0 Å². The zero-order chi connectivity index (χ0) is 8.29. The van der Waals surface area contributed by atoms with Crippen LogP contribution in [0.4, 0.5) is 0 Å². The van der Waals surface area contributed by atoms with E-state index in [-0.39, 0.29) is 6.10 Å². The zero-order valence-corrected chi connectivity index (χ0v) is 7.32. The van der Waals surface area contributed by atoms with Crippen LogP contribution in [0.3, 0.4) is 0 Å². The first-order valence-corrected chi connectivity index (χ1v) is 5.19. The van der Waals surface area contributed by atoms with Crippen molar-refractivity contribution in [2.45, 2.75) is 37.8 Å². The molecule has 3 N–H and O–H groups in total. The highest BCUT2D eigenvalue weighted by Gasteiger charge is 2.51. The molecule has 0 radical (unpaired) electrons. The Balaban J connectivity index is 1.93. The number of aliphatic hydroxyl groups is 1. The van der Waals surface area contributed by atoms with Crippen molar-refractivity contribution < 1.29 is 5.11 Å². The highest BCUT2D eigenvalue weighted by Crippen LogP contribution is 2.53. The maximum atomic E-state index is 9.92. The Morgan fingerprint density at radius 1 is 1.00 bits per heavy atom. The highest BCUT2D eigenvalue weighted by molar-refractivity contribution is 5.04. The van der Waals surface area contributed by atoms with Crippen molar-refractivity contribution in [2.75, 3.05) is 0 Å². The summed E-state index contributed by atoms with van der Waals surface area (Å²) in [5.74, 6) is 2.70. The SMILES string of the molecule is N[C@H]1[C@@H]2CC3C[C@@H](C2)[C@@H](O)[C@@H]1C3. The van der Waals surface area contributed by atoms with Crippen LogP contribution in [0.1, 0.15) is 25.7 Å². The molecule has 4 rings (SSSR count). The van der Waals surface area contributed by atoms with Crippen LogP contribution in [0, 0.1) is 23.7 Å². The Kier molecular flexibility index (Phi) is 1.37. The van der Waals surface area contributed by atoms with Gasteiger partial charge >= 0.3 is 0 Å². The molecule has 0 amide bonds. The predicted octanol–water partition coefficient (Wildman–Crippen LogP) is 0.741. The minimum absolute atomic E-state index is 0.0622. The van der Waals surface area contributed by atoms with Gasteiger partial charge in [-0.25, -0.2) is 0 Å². The molecule has 0 aliphatic heterocycles. The number of hydrogen-bond donors (Lipinski definition) is 2. The van der Waals surface area contributed by atoms with Crippen LogP contribution < -0.4 is 5.73 Å². The number of rotatable bonds is 0. The number of hydrogen-bond acceptors (Lipinski definition) is 2. The van der Waals surface area contributed by atoms with Gasteiger partial charge in [-0.15, -0.1) is 0 Å². The van der Waals surface area contributed by atoms with Crippen molar-refractivity contribution in [3.05, 3.63) is 0 Å². The smallest absolute Gasteiger partial charge is 0.0611 e. The number of nitrogens with two attached hydrogens (primary N) is 1. The van der Waals surface area contributed by atoms with Crippen molar-refractivity contribution in [2.24, 2.45) is 29.4 Å². The summed E-state index contributed by atoms with van der Waals surface area (Å²) in [4.78, 5) is 0. The Labute approximate surface area is 73.1 Å². The van der Waals surface area contributed by atoms with Gasteiger partial charge in [-0.3, -0.25) is 0 Å². The molecule has 0 aromatic heterocycles. The zero-order valence-electron chi connectivity index (χ0n) is 7.32. The Bertz CT molecular complexity index is 188. The quantitative estimate of drug-likeness (QED) is 0.559. The second kappa shape index (κ2) is 2.24. The average Bonchev–Trinajstić information content (AvgIpc) is 2.07. The molecule has 4 fully saturated rings. The summed E-state index contributed by atoms with van der Waals surface area (Å²) >= 11 is 0. The van der Waals surface area contributed by atoms with Gasteiger partial charge in [0.1, 0.15) is 0 Å². The monoisotopic (exact) mass is 167 g/mol. The lowest BCUT2D eigenvalue weighted by atomic mass is 9.53. The lowest BCUT2D eigenvalue weighted by Crippen LogP contribution is -2.59. The van der Waals surface area contributed by atoms with E-state index in [0.717, 1.165) is 11.8 Å². The lowest BCUT2D eigenvalue weighted by molar-refractivity contribution is -0.104. The fourth-order valence-corrected chi connectivity index (χ4v) is 3.93. The van der Waals surface area contributed by atoms with Crippen LogP contribution in [0.2, 0.25) is 0 Å². The molecule has 1 unspecified atom stereocenters. The van der Waals surface area contributed by atoms with Crippen molar-refractivity contribution in [3.8, 4) is 0 Å². The molecule has 12 heavy (non-hydrogen) atoms. The Hall–Kier alpha value is -0.0800. The Morgan fingerprint density at radius 3 is 2.58 bits per heavy atom. The summed E-state index contributed by atoms with van der Waals surface area (Å²) in [5, 5.41) is 9.92. The second-order valence-corrected chi connectivity index (χ2v) is 5.06. The van der Waals surface area contributed by atoms with E-state index < -0.39 is 0 Å². The number of aliphatic hydroxyl groups excluding tert-OH is 1. The van der Waals surface area contributed by atoms with Crippen molar-refractivity contribution in [3.63, 3.8) is 0 Å². The van der Waals surface area contributed by atoms with Gasteiger partial charge in [-0.1, -0.05) is 0 Å². The second-order valence-electron chi connectivity index (χ2n) is 5.06. The maximum absolute atomic E-state index is 9.92. The average molecular weight is 167 g/mol. The standard InChI is InChI=1S/C10H17NO/c11-9-6-1-5-2-7(4-6)10(12)8(9)3-5/h5-10,12H,1-4,11H2/t5?,6-,7+,8-,9+,10-/m1/s1. The van der Waals surface area contributed by atoms with E-state index in [1.165, 1.54) is 25.7 Å². The van der Waals surface area contributed by atoms with Crippen molar-refractivity contribution in [1.29, 1.82) is 0 Å². The molecule has 0 aromatic rings. The fraction of sp³-hybridized carbons (Fsp3) is 1.00. The van der Waals surface area contributed by atoms with Crippen LogP contribution in [0.5, 0.6) is 0 Å². The van der Waals surface area contributed by atoms with Crippen LogP contribution in [0.15, 0.2) is 0 Å². The van der Waals surface area contributed by atoms with E-state index in [2.05, 4.69) is 0 Å². The van der Waals surface area contributed by atoms with Crippen molar-refractivity contribution in [1.82, 2.24) is 0 Å². The van der Waals surface area contributed by atoms with E-state index in [0.29, 0.717) is 17.9 Å². The van der Waals surface area contributed by atoms with Crippen molar-refractivity contribution >= 4 is 0 Å². The van der Waals surface area contributed by atoms with E-state index >= 15 is 0 Å². The maximum Gasteiger partial charge on any atom is 0.0611 e. The predicted molar refractivity (Wildman–Crippen MR) is 46.4 cm³/mol. The van der Waals surface area contributed by atoms with Gasteiger partial charge in [-0.05, 0) is 43.4 Å². The largest absolute Gasteiger partial charge is 0.392 e. The van der Waals surface area contributed by atoms with Gasteiger partial charge in [0, 0.05) is 12.0 Å². The van der Waals surface area contributed by atoms with E-state index in [9.17, 15) is 5.11 Å². The van der Waals surface area contributed by atoms with Crippen LogP contribution in [-0.2, 0) is 0 Å². The molecule has 0 aromatic carbocycles. The molecule has 4 aliphatic carbocycles. The summed E-state index contributed by atoms with van der Waals surface area (Å²) in [5.41, 5.74) is 6.10. The third kappa shape index (κ3) is 0.775. The summed E-state index contributed by atoms with van der Waals surface area (Å²) in [6.45, 7) is 0. The third-order valence-corrected chi connectivity index (χ3v) is 4.44. The first kappa shape index (κ1) is 7.34. The Morgan fingerprint density at radius 2 is 1.75 bits per heavy atom. The van der Waals surface area contributed by atoms with Gasteiger partial charge in [0.2, 0.25) is 0 Å². The fourth-order valence-electron chi connectivity index (χ4n) is 3.93. The summed E-state index contributed by atoms with van der Waals surface area (Å²) in [6, 6.07) is 0.313. The van der Waals surface area contributed by atoms with Gasteiger partial charge < -0.3 is 10.8 Å². The molecule has 4 saturated carbocycles. The van der Waals surface area contributed by atoms with Gasteiger partial charge in [0.05, 0.1) is 6.10 Å². The molecular weight excluding hydrogens is 150 g/mol. The summed E-state index contributed by atoms with van der Waals surface area (Å²) < 4.78 is 0. The van der Waals surface area contributed by atoms with Crippen LogP contribution in [-0.4, -0.2) is 17.3 Å². The molecule has 0 saturated heterocycles. The molecular formula is C10H17NO. The molecule has 2 heteroatoms. The third-order valence-electron chi connectivity index (χ3n) is 4.44. The highest BCUT2D eigenvalue weighted by atomic mass is 16.3.